The minimum Gasteiger partial charge on any atom is -0.348 e. The molecule has 1 amide bonds. The van der Waals surface area contributed by atoms with Crippen LogP contribution in [0, 0.1) is 0 Å². The zero-order valence-electron chi connectivity index (χ0n) is 10.5. The number of carbonyl (C=O) groups excluding carboxylic acids is 1. The summed E-state index contributed by atoms with van der Waals surface area (Å²) in [6.45, 7) is 1.81. The minimum atomic E-state index is -0.0594. The van der Waals surface area contributed by atoms with Crippen LogP contribution in [0.25, 0.3) is 5.69 Å². The van der Waals surface area contributed by atoms with Crippen molar-refractivity contribution in [3.8, 4) is 5.69 Å². The van der Waals surface area contributed by atoms with E-state index in [0.29, 0.717) is 5.56 Å². The monoisotopic (exact) mass is 256 g/mol. The average molecular weight is 256 g/mol. The normalized spacial score (nSPS) is 18.4. The molecule has 98 valence electrons. The van der Waals surface area contributed by atoms with Gasteiger partial charge in [0.2, 0.25) is 0 Å². The van der Waals surface area contributed by atoms with Crippen molar-refractivity contribution in [3.63, 3.8) is 0 Å². The summed E-state index contributed by atoms with van der Waals surface area (Å²) >= 11 is 0. The van der Waals surface area contributed by atoms with Gasteiger partial charge in [0.15, 0.2) is 0 Å². The van der Waals surface area contributed by atoms with Crippen molar-refractivity contribution in [2.24, 2.45) is 0 Å². The highest BCUT2D eigenvalue weighted by molar-refractivity contribution is 5.94. The first-order valence-corrected chi connectivity index (χ1v) is 6.44. The molecule has 1 atom stereocenters. The Labute approximate surface area is 111 Å². The van der Waals surface area contributed by atoms with E-state index < -0.39 is 0 Å². The Kier molecular flexibility index (Phi) is 3.29. The first-order valence-electron chi connectivity index (χ1n) is 6.44. The molecule has 0 aliphatic carbocycles. The Morgan fingerprint density at radius 1 is 1.37 bits per heavy atom. The van der Waals surface area contributed by atoms with E-state index in [9.17, 15) is 4.79 Å². The number of hydrogen-bond acceptors (Lipinski definition) is 3. The molecule has 0 bridgehead atoms. The molecule has 0 spiro atoms. The maximum atomic E-state index is 12.1. The highest BCUT2D eigenvalue weighted by Gasteiger charge is 2.18. The van der Waals surface area contributed by atoms with Gasteiger partial charge in [0, 0.05) is 18.8 Å². The van der Waals surface area contributed by atoms with Gasteiger partial charge in [-0.25, -0.2) is 4.68 Å². The molecule has 1 fully saturated rings. The number of nitrogens with one attached hydrogen (secondary N) is 2. The lowest BCUT2D eigenvalue weighted by Gasteiger charge is -2.09. The summed E-state index contributed by atoms with van der Waals surface area (Å²) in [5, 5.41) is 10.5. The van der Waals surface area contributed by atoms with Crippen LogP contribution in [0.15, 0.2) is 42.7 Å². The fraction of sp³-hybridized carbons (Fsp3) is 0.286. The number of rotatable bonds is 3. The van der Waals surface area contributed by atoms with Crippen molar-refractivity contribution in [2.45, 2.75) is 12.5 Å². The number of carbonyl (C=O) groups is 1. The van der Waals surface area contributed by atoms with E-state index in [-0.39, 0.29) is 11.9 Å². The van der Waals surface area contributed by atoms with Crippen LogP contribution in [0.3, 0.4) is 0 Å². The molecule has 19 heavy (non-hydrogen) atoms. The molecule has 2 N–H and O–H groups in total. The van der Waals surface area contributed by atoms with Crippen molar-refractivity contribution in [1.82, 2.24) is 20.4 Å². The maximum Gasteiger partial charge on any atom is 0.254 e. The first kappa shape index (κ1) is 11.9. The lowest BCUT2D eigenvalue weighted by Crippen LogP contribution is -2.36. The molecule has 0 radical (unpaired) electrons. The van der Waals surface area contributed by atoms with Gasteiger partial charge in [-0.1, -0.05) is 18.2 Å². The van der Waals surface area contributed by atoms with Gasteiger partial charge >= 0.3 is 0 Å². The first-order chi connectivity index (χ1) is 9.33. The molecular formula is C14H16N4O. The van der Waals surface area contributed by atoms with E-state index in [1.807, 2.05) is 30.3 Å². The van der Waals surface area contributed by atoms with Gasteiger partial charge in [0.1, 0.15) is 0 Å². The van der Waals surface area contributed by atoms with Gasteiger partial charge in [-0.05, 0) is 25.1 Å². The second-order valence-electron chi connectivity index (χ2n) is 4.67. The van der Waals surface area contributed by atoms with Crippen molar-refractivity contribution < 1.29 is 4.79 Å². The predicted molar refractivity (Wildman–Crippen MR) is 72.3 cm³/mol. The predicted octanol–water partition coefficient (Wildman–Crippen LogP) is 0.964. The molecular weight excluding hydrogens is 240 g/mol. The lowest BCUT2D eigenvalue weighted by atomic mass is 10.2. The largest absolute Gasteiger partial charge is 0.348 e. The molecule has 1 aliphatic heterocycles. The van der Waals surface area contributed by atoms with Gasteiger partial charge in [-0.3, -0.25) is 4.79 Å². The average Bonchev–Trinajstić information content (AvgIpc) is 3.10. The van der Waals surface area contributed by atoms with Gasteiger partial charge in [0.05, 0.1) is 17.4 Å². The molecule has 2 heterocycles. The van der Waals surface area contributed by atoms with Crippen molar-refractivity contribution in [1.29, 1.82) is 0 Å². The molecule has 1 aromatic heterocycles. The van der Waals surface area contributed by atoms with Crippen LogP contribution < -0.4 is 10.6 Å². The molecule has 1 unspecified atom stereocenters. The summed E-state index contributed by atoms with van der Waals surface area (Å²) in [6.07, 6.45) is 4.34. The van der Waals surface area contributed by atoms with Gasteiger partial charge in [-0.2, -0.15) is 5.10 Å². The van der Waals surface area contributed by atoms with E-state index in [2.05, 4.69) is 15.7 Å². The number of aromatic nitrogens is 2. The molecule has 5 nitrogen and oxygen atoms in total. The van der Waals surface area contributed by atoms with E-state index >= 15 is 0 Å². The molecule has 1 aromatic carbocycles. The summed E-state index contributed by atoms with van der Waals surface area (Å²) in [5.74, 6) is -0.0594. The van der Waals surface area contributed by atoms with Crippen LogP contribution in [0.4, 0.5) is 0 Å². The zero-order valence-corrected chi connectivity index (χ0v) is 10.5. The third-order valence-electron chi connectivity index (χ3n) is 3.26. The highest BCUT2D eigenvalue weighted by atomic mass is 16.1. The SMILES string of the molecule is O=C(NC1CCNC1)c1cnn(-c2ccccc2)c1. The Morgan fingerprint density at radius 3 is 2.95 bits per heavy atom. The molecule has 1 saturated heterocycles. The molecule has 1 aliphatic rings. The Bertz CT molecular complexity index is 558. The second kappa shape index (κ2) is 5.24. The number of nitrogens with zero attached hydrogens (tertiary/aromatic N) is 2. The van der Waals surface area contributed by atoms with Gasteiger partial charge < -0.3 is 10.6 Å². The van der Waals surface area contributed by atoms with Crippen LogP contribution in [0.5, 0.6) is 0 Å². The van der Waals surface area contributed by atoms with E-state index in [1.165, 1.54) is 0 Å². The van der Waals surface area contributed by atoms with E-state index in [0.717, 1.165) is 25.2 Å². The number of benzene rings is 1. The van der Waals surface area contributed by atoms with Crippen LogP contribution in [0.1, 0.15) is 16.8 Å². The number of amides is 1. The molecule has 0 saturated carbocycles. The van der Waals surface area contributed by atoms with Crippen LogP contribution in [-0.2, 0) is 0 Å². The minimum absolute atomic E-state index is 0.0594. The van der Waals surface area contributed by atoms with Crippen molar-refractivity contribution in [3.05, 3.63) is 48.3 Å². The fourth-order valence-corrected chi connectivity index (χ4v) is 2.21. The molecule has 3 rings (SSSR count). The standard InChI is InChI=1S/C14H16N4O/c19-14(17-12-6-7-15-9-12)11-8-16-18(10-11)13-4-2-1-3-5-13/h1-5,8,10,12,15H,6-7,9H2,(H,17,19). The van der Waals surface area contributed by atoms with Crippen LogP contribution in [0.2, 0.25) is 0 Å². The van der Waals surface area contributed by atoms with Crippen molar-refractivity contribution in [2.75, 3.05) is 13.1 Å². The summed E-state index contributed by atoms with van der Waals surface area (Å²) in [7, 11) is 0. The fourth-order valence-electron chi connectivity index (χ4n) is 2.21. The van der Waals surface area contributed by atoms with Crippen LogP contribution in [-0.4, -0.2) is 34.8 Å². The Morgan fingerprint density at radius 2 is 2.21 bits per heavy atom. The van der Waals surface area contributed by atoms with E-state index in [1.54, 1.807) is 17.1 Å². The van der Waals surface area contributed by atoms with Gasteiger partial charge in [-0.15, -0.1) is 0 Å². The Balaban J connectivity index is 1.72. The third kappa shape index (κ3) is 2.66. The summed E-state index contributed by atoms with van der Waals surface area (Å²) in [5.41, 5.74) is 1.54. The Hall–Kier alpha value is -2.14. The summed E-state index contributed by atoms with van der Waals surface area (Å²) in [6, 6.07) is 9.98. The topological polar surface area (TPSA) is 59.0 Å². The number of hydrogen-bond donors (Lipinski definition) is 2. The van der Waals surface area contributed by atoms with Gasteiger partial charge in [0.25, 0.3) is 5.91 Å². The number of para-hydroxylation sites is 1. The molecule has 2 aromatic rings. The highest BCUT2D eigenvalue weighted by Crippen LogP contribution is 2.08. The third-order valence-corrected chi connectivity index (χ3v) is 3.26. The maximum absolute atomic E-state index is 12.1. The molecule has 5 heteroatoms. The van der Waals surface area contributed by atoms with Crippen molar-refractivity contribution >= 4 is 5.91 Å². The van der Waals surface area contributed by atoms with Crippen LogP contribution >= 0.6 is 0 Å². The van der Waals surface area contributed by atoms with E-state index in [4.69, 9.17) is 0 Å². The zero-order chi connectivity index (χ0) is 13.1. The lowest BCUT2D eigenvalue weighted by molar-refractivity contribution is 0.0940. The summed E-state index contributed by atoms with van der Waals surface area (Å²) < 4.78 is 1.71. The smallest absolute Gasteiger partial charge is 0.254 e. The summed E-state index contributed by atoms with van der Waals surface area (Å²) in [4.78, 5) is 12.1. The second-order valence-corrected chi connectivity index (χ2v) is 4.67. The quantitative estimate of drug-likeness (QED) is 0.860.